The van der Waals surface area contributed by atoms with Gasteiger partial charge in [-0.1, -0.05) is 30.3 Å². The summed E-state index contributed by atoms with van der Waals surface area (Å²) in [6.07, 6.45) is 3.38. The number of thiophene rings is 1. The Hall–Kier alpha value is -3.91. The summed E-state index contributed by atoms with van der Waals surface area (Å²) >= 11 is 1.27. The Morgan fingerprint density at radius 3 is 2.47 bits per heavy atom. The predicted octanol–water partition coefficient (Wildman–Crippen LogP) is 4.43. The average molecular weight is 441 g/mol. The van der Waals surface area contributed by atoms with Gasteiger partial charge in [-0.2, -0.15) is 5.10 Å². The summed E-state index contributed by atoms with van der Waals surface area (Å²) in [4.78, 5) is 22.6. The molecule has 32 heavy (non-hydrogen) atoms. The van der Waals surface area contributed by atoms with Crippen LogP contribution in [0, 0.1) is 13.8 Å². The zero-order valence-corrected chi connectivity index (χ0v) is 18.4. The summed E-state index contributed by atoms with van der Waals surface area (Å²) in [5.41, 5.74) is 13.4. The Kier molecular flexibility index (Phi) is 4.99. The molecule has 0 fully saturated rings. The van der Waals surface area contributed by atoms with Crippen LogP contribution in [0.15, 0.2) is 54.9 Å². The number of benzene rings is 2. The van der Waals surface area contributed by atoms with Crippen LogP contribution in [-0.2, 0) is 6.54 Å². The molecular formula is C24H20N6OS. The molecular weight excluding hydrogens is 420 g/mol. The van der Waals surface area contributed by atoms with Crippen molar-refractivity contribution in [2.75, 3.05) is 5.73 Å². The highest BCUT2D eigenvalue weighted by molar-refractivity contribution is 7.21. The van der Waals surface area contributed by atoms with Crippen LogP contribution in [0.1, 0.15) is 26.5 Å². The molecule has 8 heteroatoms. The third-order valence-corrected chi connectivity index (χ3v) is 6.64. The number of fused-ring (bicyclic) bond motifs is 2. The van der Waals surface area contributed by atoms with E-state index < -0.39 is 0 Å². The lowest BCUT2D eigenvalue weighted by Gasteiger charge is -2.07. The number of anilines is 1. The number of hydrogen-bond acceptors (Lipinski definition) is 7. The summed E-state index contributed by atoms with van der Waals surface area (Å²) in [5, 5.41) is 12.1. The van der Waals surface area contributed by atoms with Crippen molar-refractivity contribution in [3.8, 4) is 11.1 Å². The third kappa shape index (κ3) is 3.54. The van der Waals surface area contributed by atoms with E-state index in [0.29, 0.717) is 21.9 Å². The summed E-state index contributed by atoms with van der Waals surface area (Å²) in [7, 11) is 0. The molecule has 2 aromatic carbocycles. The first-order chi connectivity index (χ1) is 15.5. The molecule has 0 aliphatic rings. The van der Waals surface area contributed by atoms with Gasteiger partial charge in [0.15, 0.2) is 0 Å². The molecule has 1 amide bonds. The Labute approximate surface area is 188 Å². The lowest BCUT2D eigenvalue weighted by Crippen LogP contribution is -2.22. The maximum atomic E-state index is 12.8. The second-order valence-corrected chi connectivity index (χ2v) is 8.57. The first kappa shape index (κ1) is 20.0. The molecule has 0 bridgehead atoms. The van der Waals surface area contributed by atoms with Gasteiger partial charge in [0, 0.05) is 24.3 Å². The van der Waals surface area contributed by atoms with Crippen molar-refractivity contribution in [3.05, 3.63) is 76.6 Å². The lowest BCUT2D eigenvalue weighted by molar-refractivity contribution is 0.0956. The SMILES string of the molecule is Cc1nnc2sc(C(=O)NCc3ccc(-c4ccc5nccnc5c4)cc3)c(N)c2c1C. The van der Waals surface area contributed by atoms with Crippen LogP contribution < -0.4 is 11.1 Å². The van der Waals surface area contributed by atoms with Crippen molar-refractivity contribution in [3.63, 3.8) is 0 Å². The van der Waals surface area contributed by atoms with Crippen LogP contribution in [0.2, 0.25) is 0 Å². The largest absolute Gasteiger partial charge is 0.397 e. The Morgan fingerprint density at radius 2 is 1.69 bits per heavy atom. The lowest BCUT2D eigenvalue weighted by atomic mass is 10.0. The van der Waals surface area contributed by atoms with Crippen molar-refractivity contribution < 1.29 is 4.79 Å². The van der Waals surface area contributed by atoms with Crippen LogP contribution in [0.3, 0.4) is 0 Å². The van der Waals surface area contributed by atoms with Gasteiger partial charge in [0.25, 0.3) is 5.91 Å². The van der Waals surface area contributed by atoms with Gasteiger partial charge in [0.2, 0.25) is 0 Å². The molecule has 3 aromatic heterocycles. The van der Waals surface area contributed by atoms with Gasteiger partial charge in [0.05, 0.1) is 22.4 Å². The Morgan fingerprint density at radius 1 is 0.969 bits per heavy atom. The average Bonchev–Trinajstić information content (AvgIpc) is 3.17. The topological polar surface area (TPSA) is 107 Å². The Bertz CT molecular complexity index is 1480. The number of carbonyl (C=O) groups excluding carboxylic acids is 1. The maximum absolute atomic E-state index is 12.8. The minimum Gasteiger partial charge on any atom is -0.397 e. The fraction of sp³-hybridized carbons (Fsp3) is 0.125. The first-order valence-corrected chi connectivity index (χ1v) is 10.9. The van der Waals surface area contributed by atoms with E-state index in [4.69, 9.17) is 5.73 Å². The van der Waals surface area contributed by atoms with E-state index in [-0.39, 0.29) is 5.91 Å². The number of nitrogens with two attached hydrogens (primary N) is 1. The number of aromatic nitrogens is 4. The molecule has 0 saturated carbocycles. The van der Waals surface area contributed by atoms with Gasteiger partial charge in [-0.25, -0.2) is 0 Å². The van der Waals surface area contributed by atoms with Gasteiger partial charge in [-0.15, -0.1) is 16.4 Å². The molecule has 5 rings (SSSR count). The van der Waals surface area contributed by atoms with Gasteiger partial charge in [-0.05, 0) is 48.2 Å². The number of aryl methyl sites for hydroxylation is 2. The first-order valence-electron chi connectivity index (χ1n) is 10.1. The van der Waals surface area contributed by atoms with Crippen LogP contribution >= 0.6 is 11.3 Å². The zero-order valence-electron chi connectivity index (χ0n) is 17.6. The van der Waals surface area contributed by atoms with E-state index in [1.807, 2.05) is 56.3 Å². The van der Waals surface area contributed by atoms with Crippen molar-refractivity contribution in [2.24, 2.45) is 0 Å². The van der Waals surface area contributed by atoms with Crippen molar-refractivity contribution in [2.45, 2.75) is 20.4 Å². The standard InChI is InChI=1S/C24H20N6OS/c1-13-14(2)29-30-24-20(13)21(25)22(32-24)23(31)28-12-15-3-5-16(6-4-15)17-7-8-18-19(11-17)27-10-9-26-18/h3-11H,12,25H2,1-2H3,(H,28,31). The van der Waals surface area contributed by atoms with E-state index in [9.17, 15) is 4.79 Å². The number of nitrogen functional groups attached to an aromatic ring is 1. The molecule has 158 valence electrons. The van der Waals surface area contributed by atoms with E-state index in [0.717, 1.165) is 44.4 Å². The van der Waals surface area contributed by atoms with E-state index in [2.05, 4.69) is 25.5 Å². The van der Waals surface area contributed by atoms with E-state index in [1.54, 1.807) is 12.4 Å². The zero-order chi connectivity index (χ0) is 22.2. The number of carbonyl (C=O) groups is 1. The fourth-order valence-corrected chi connectivity index (χ4v) is 4.65. The maximum Gasteiger partial charge on any atom is 0.263 e. The minimum atomic E-state index is -0.209. The van der Waals surface area contributed by atoms with E-state index in [1.165, 1.54) is 11.3 Å². The van der Waals surface area contributed by atoms with Crippen LogP contribution in [0.5, 0.6) is 0 Å². The number of hydrogen-bond donors (Lipinski definition) is 2. The molecule has 0 aliphatic carbocycles. The van der Waals surface area contributed by atoms with Gasteiger partial charge < -0.3 is 11.1 Å². The normalized spacial score (nSPS) is 11.2. The molecule has 7 nitrogen and oxygen atoms in total. The van der Waals surface area contributed by atoms with E-state index >= 15 is 0 Å². The molecule has 0 radical (unpaired) electrons. The number of nitrogens with zero attached hydrogens (tertiary/aromatic N) is 4. The smallest absolute Gasteiger partial charge is 0.263 e. The van der Waals surface area contributed by atoms with Crippen molar-refractivity contribution in [1.29, 1.82) is 0 Å². The van der Waals surface area contributed by atoms with Gasteiger partial charge in [0.1, 0.15) is 9.71 Å². The molecule has 0 unspecified atom stereocenters. The van der Waals surface area contributed by atoms with Gasteiger partial charge in [-0.3, -0.25) is 14.8 Å². The highest BCUT2D eigenvalue weighted by Crippen LogP contribution is 2.34. The number of nitrogens with one attached hydrogen (secondary N) is 1. The second-order valence-electron chi connectivity index (χ2n) is 7.57. The number of rotatable bonds is 4. The molecule has 0 spiro atoms. The van der Waals surface area contributed by atoms with Crippen molar-refractivity contribution in [1.82, 2.24) is 25.5 Å². The monoisotopic (exact) mass is 440 g/mol. The van der Waals surface area contributed by atoms with Crippen LogP contribution in [0.25, 0.3) is 32.4 Å². The third-order valence-electron chi connectivity index (χ3n) is 5.55. The summed E-state index contributed by atoms with van der Waals surface area (Å²) in [5.74, 6) is -0.209. The number of amides is 1. The van der Waals surface area contributed by atoms with Crippen LogP contribution in [-0.4, -0.2) is 26.1 Å². The van der Waals surface area contributed by atoms with Crippen LogP contribution in [0.4, 0.5) is 5.69 Å². The fourth-order valence-electron chi connectivity index (χ4n) is 3.63. The minimum absolute atomic E-state index is 0.209. The molecule has 0 saturated heterocycles. The molecule has 3 heterocycles. The molecule has 0 atom stereocenters. The highest BCUT2D eigenvalue weighted by atomic mass is 32.1. The summed E-state index contributed by atoms with van der Waals surface area (Å²) in [6, 6.07) is 14.1. The molecule has 3 N–H and O–H groups in total. The molecule has 0 aliphatic heterocycles. The summed E-state index contributed by atoms with van der Waals surface area (Å²) in [6.45, 7) is 4.23. The van der Waals surface area contributed by atoms with Crippen molar-refractivity contribution >= 4 is 44.2 Å². The quantitative estimate of drug-likeness (QED) is 0.428. The Balaban J connectivity index is 1.32. The molecule has 5 aromatic rings. The summed E-state index contributed by atoms with van der Waals surface area (Å²) < 4.78 is 0. The second kappa shape index (κ2) is 7.97. The predicted molar refractivity (Wildman–Crippen MR) is 127 cm³/mol. The van der Waals surface area contributed by atoms with Gasteiger partial charge >= 0.3 is 0 Å². The highest BCUT2D eigenvalue weighted by Gasteiger charge is 2.19.